The van der Waals surface area contributed by atoms with Gasteiger partial charge in [0.15, 0.2) is 0 Å². The SMILES string of the molecule is CCCCn1c(N)c(N=O)c(=O)[nH]c1=O. The number of hydrogen-bond donors (Lipinski definition) is 2. The van der Waals surface area contributed by atoms with Crippen molar-refractivity contribution in [1.29, 1.82) is 0 Å². The van der Waals surface area contributed by atoms with Gasteiger partial charge in [0.2, 0.25) is 5.69 Å². The first-order chi connectivity index (χ1) is 7.11. The fourth-order valence-corrected chi connectivity index (χ4v) is 1.20. The highest BCUT2D eigenvalue weighted by atomic mass is 16.3. The molecule has 0 bridgehead atoms. The molecule has 0 atom stereocenters. The van der Waals surface area contributed by atoms with Gasteiger partial charge >= 0.3 is 5.69 Å². The molecule has 7 nitrogen and oxygen atoms in total. The van der Waals surface area contributed by atoms with E-state index in [9.17, 15) is 14.5 Å². The Morgan fingerprint density at radius 2 is 2.13 bits per heavy atom. The zero-order chi connectivity index (χ0) is 11.4. The van der Waals surface area contributed by atoms with Crippen LogP contribution in [0.3, 0.4) is 0 Å². The van der Waals surface area contributed by atoms with Crippen LogP contribution in [0.2, 0.25) is 0 Å². The van der Waals surface area contributed by atoms with E-state index in [0.717, 1.165) is 17.4 Å². The van der Waals surface area contributed by atoms with Crippen LogP contribution in [0, 0.1) is 4.91 Å². The molecular formula is C8H12N4O3. The number of aromatic nitrogens is 2. The third-order valence-corrected chi connectivity index (χ3v) is 2.04. The second-order valence-electron chi connectivity index (χ2n) is 3.09. The molecule has 0 unspecified atom stereocenters. The topological polar surface area (TPSA) is 110 Å². The fourth-order valence-electron chi connectivity index (χ4n) is 1.20. The summed E-state index contributed by atoms with van der Waals surface area (Å²) in [6.45, 7) is 2.31. The third-order valence-electron chi connectivity index (χ3n) is 2.04. The smallest absolute Gasteiger partial charge is 0.330 e. The first kappa shape index (κ1) is 11.2. The Labute approximate surface area is 84.9 Å². The number of nitrogens with one attached hydrogen (secondary N) is 1. The molecule has 1 rings (SSSR count). The van der Waals surface area contributed by atoms with Gasteiger partial charge in [-0.2, -0.15) is 0 Å². The van der Waals surface area contributed by atoms with Gasteiger partial charge in [-0.1, -0.05) is 13.3 Å². The van der Waals surface area contributed by atoms with E-state index in [1.165, 1.54) is 0 Å². The zero-order valence-electron chi connectivity index (χ0n) is 8.32. The highest BCUT2D eigenvalue weighted by Crippen LogP contribution is 2.13. The Bertz CT molecular complexity index is 474. The predicted molar refractivity (Wildman–Crippen MR) is 56.1 cm³/mol. The van der Waals surface area contributed by atoms with Gasteiger partial charge in [-0.25, -0.2) is 4.79 Å². The molecule has 0 radical (unpaired) electrons. The summed E-state index contributed by atoms with van der Waals surface area (Å²) >= 11 is 0. The van der Waals surface area contributed by atoms with Gasteiger partial charge in [0.25, 0.3) is 5.56 Å². The van der Waals surface area contributed by atoms with Crippen LogP contribution in [0.15, 0.2) is 14.8 Å². The molecule has 15 heavy (non-hydrogen) atoms. The van der Waals surface area contributed by atoms with Gasteiger partial charge in [0, 0.05) is 6.54 Å². The average Bonchev–Trinajstić information content (AvgIpc) is 2.17. The summed E-state index contributed by atoms with van der Waals surface area (Å²) in [7, 11) is 0. The average molecular weight is 212 g/mol. The number of hydrogen-bond acceptors (Lipinski definition) is 5. The molecule has 0 aromatic carbocycles. The number of aromatic amines is 1. The molecule has 0 fully saturated rings. The highest BCUT2D eigenvalue weighted by molar-refractivity contribution is 5.55. The van der Waals surface area contributed by atoms with Crippen molar-refractivity contribution in [3.05, 3.63) is 25.7 Å². The van der Waals surface area contributed by atoms with Crippen molar-refractivity contribution in [3.63, 3.8) is 0 Å². The van der Waals surface area contributed by atoms with Crippen LogP contribution in [0.25, 0.3) is 0 Å². The van der Waals surface area contributed by atoms with E-state index >= 15 is 0 Å². The molecule has 0 amide bonds. The number of anilines is 1. The lowest BCUT2D eigenvalue weighted by molar-refractivity contribution is 0.605. The molecule has 82 valence electrons. The van der Waals surface area contributed by atoms with Gasteiger partial charge in [0.05, 0.1) is 0 Å². The van der Waals surface area contributed by atoms with E-state index in [1.807, 2.05) is 11.9 Å². The van der Waals surface area contributed by atoms with Crippen LogP contribution in [0.4, 0.5) is 11.5 Å². The van der Waals surface area contributed by atoms with Gasteiger partial charge in [-0.15, -0.1) is 4.91 Å². The van der Waals surface area contributed by atoms with E-state index in [-0.39, 0.29) is 5.82 Å². The number of unbranched alkanes of at least 4 members (excludes halogenated alkanes) is 1. The quantitative estimate of drug-likeness (QED) is 0.700. The molecule has 1 aromatic heterocycles. The first-order valence-electron chi connectivity index (χ1n) is 4.57. The molecule has 0 saturated heterocycles. The number of nitroso groups, excluding NO2 is 1. The molecule has 0 spiro atoms. The van der Waals surface area contributed by atoms with E-state index in [1.54, 1.807) is 0 Å². The summed E-state index contributed by atoms with van der Waals surface area (Å²) in [4.78, 5) is 34.7. The van der Waals surface area contributed by atoms with Gasteiger partial charge < -0.3 is 5.73 Å². The number of nitrogen functional groups attached to an aromatic ring is 1. The van der Waals surface area contributed by atoms with Crippen molar-refractivity contribution in [2.24, 2.45) is 5.18 Å². The lowest BCUT2D eigenvalue weighted by atomic mass is 10.3. The van der Waals surface area contributed by atoms with E-state index < -0.39 is 16.9 Å². The molecule has 1 aromatic rings. The molecular weight excluding hydrogens is 200 g/mol. The van der Waals surface area contributed by atoms with Crippen LogP contribution in [-0.2, 0) is 6.54 Å². The van der Waals surface area contributed by atoms with Crippen LogP contribution >= 0.6 is 0 Å². The monoisotopic (exact) mass is 212 g/mol. The maximum atomic E-state index is 11.3. The van der Waals surface area contributed by atoms with Crippen LogP contribution in [0.5, 0.6) is 0 Å². The van der Waals surface area contributed by atoms with Crippen molar-refractivity contribution >= 4 is 11.5 Å². The van der Waals surface area contributed by atoms with Crippen LogP contribution in [-0.4, -0.2) is 9.55 Å². The highest BCUT2D eigenvalue weighted by Gasteiger charge is 2.11. The maximum Gasteiger partial charge on any atom is 0.330 e. The second-order valence-corrected chi connectivity index (χ2v) is 3.09. The number of H-pyrrole nitrogens is 1. The minimum Gasteiger partial charge on any atom is -0.383 e. The van der Waals surface area contributed by atoms with Crippen LogP contribution < -0.4 is 17.0 Å². The van der Waals surface area contributed by atoms with E-state index in [2.05, 4.69) is 5.18 Å². The zero-order valence-corrected chi connectivity index (χ0v) is 8.32. The van der Waals surface area contributed by atoms with Crippen molar-refractivity contribution < 1.29 is 0 Å². The molecule has 0 aliphatic rings. The van der Waals surface area contributed by atoms with Gasteiger partial charge in [-0.05, 0) is 11.6 Å². The standard InChI is InChI=1S/C8H12N4O3/c1-2-3-4-12-6(9)5(11-15)7(13)10-8(12)14/h2-4,9H2,1H3,(H,10,13,14). The van der Waals surface area contributed by atoms with E-state index in [0.29, 0.717) is 6.54 Å². The normalized spacial score (nSPS) is 10.2. The minimum absolute atomic E-state index is 0.174. The minimum atomic E-state index is -0.847. The van der Waals surface area contributed by atoms with Crippen molar-refractivity contribution in [2.45, 2.75) is 26.3 Å². The molecule has 0 aliphatic carbocycles. The lowest BCUT2D eigenvalue weighted by Crippen LogP contribution is -2.31. The Morgan fingerprint density at radius 1 is 1.47 bits per heavy atom. The van der Waals surface area contributed by atoms with Crippen molar-refractivity contribution in [3.8, 4) is 0 Å². The Morgan fingerprint density at radius 3 is 2.67 bits per heavy atom. The van der Waals surface area contributed by atoms with Crippen molar-refractivity contribution in [2.75, 3.05) is 5.73 Å². The molecule has 0 saturated carbocycles. The molecule has 3 N–H and O–H groups in total. The summed E-state index contributed by atoms with van der Waals surface area (Å²) in [5.41, 5.74) is 3.59. The number of rotatable bonds is 4. The molecule has 7 heteroatoms. The first-order valence-corrected chi connectivity index (χ1v) is 4.57. The second kappa shape index (κ2) is 4.54. The Balaban J connectivity index is 3.32. The van der Waals surface area contributed by atoms with Crippen LogP contribution in [0.1, 0.15) is 19.8 Å². The third kappa shape index (κ3) is 2.12. The maximum absolute atomic E-state index is 11.3. The summed E-state index contributed by atoms with van der Waals surface area (Å²) in [5, 5.41) is 2.50. The Kier molecular flexibility index (Phi) is 3.37. The largest absolute Gasteiger partial charge is 0.383 e. The van der Waals surface area contributed by atoms with Gasteiger partial charge in [0.1, 0.15) is 5.82 Å². The Hall–Kier alpha value is -1.92. The summed E-state index contributed by atoms with van der Waals surface area (Å²) in [5.74, 6) is -0.174. The van der Waals surface area contributed by atoms with Crippen molar-refractivity contribution in [1.82, 2.24) is 9.55 Å². The summed E-state index contributed by atoms with van der Waals surface area (Å²) < 4.78 is 1.14. The predicted octanol–water partition coefficient (Wildman–Crippen LogP) is 0.317. The summed E-state index contributed by atoms with van der Waals surface area (Å²) in [6, 6.07) is 0. The van der Waals surface area contributed by atoms with E-state index in [4.69, 9.17) is 5.73 Å². The molecule has 1 heterocycles. The summed E-state index contributed by atoms with van der Waals surface area (Å²) in [6.07, 6.45) is 1.60. The lowest BCUT2D eigenvalue weighted by Gasteiger charge is -2.07. The number of nitrogens with two attached hydrogens (primary N) is 1. The number of nitrogens with zero attached hydrogens (tertiary/aromatic N) is 2. The van der Waals surface area contributed by atoms with Gasteiger partial charge in [-0.3, -0.25) is 14.3 Å². The fraction of sp³-hybridized carbons (Fsp3) is 0.500. The molecule has 0 aliphatic heterocycles.